The standard InChI is InChI=1S/C13H18ClFN2O/c14-12-7-11(15)4-3-9(12)6-13(17-16)10-2-1-5-18-8-10/h3-4,7,10,13,17H,1-2,5-6,8,16H2. The van der Waals surface area contributed by atoms with Gasteiger partial charge >= 0.3 is 0 Å². The van der Waals surface area contributed by atoms with Gasteiger partial charge in [-0.3, -0.25) is 11.3 Å². The number of nitrogens with one attached hydrogen (secondary N) is 1. The van der Waals surface area contributed by atoms with Gasteiger partial charge < -0.3 is 4.74 Å². The summed E-state index contributed by atoms with van der Waals surface area (Å²) in [5.74, 6) is 5.67. The Bertz CT molecular complexity index is 397. The molecule has 1 aromatic rings. The molecule has 1 aromatic carbocycles. The fourth-order valence-electron chi connectivity index (χ4n) is 2.37. The van der Waals surface area contributed by atoms with Crippen LogP contribution in [0.3, 0.4) is 0 Å². The molecule has 2 atom stereocenters. The number of benzene rings is 1. The molecule has 100 valence electrons. The maximum absolute atomic E-state index is 13.0. The number of ether oxygens (including phenoxy) is 1. The first kappa shape index (κ1) is 13.7. The van der Waals surface area contributed by atoms with Gasteiger partial charge in [-0.15, -0.1) is 0 Å². The molecule has 3 N–H and O–H groups in total. The second kappa shape index (κ2) is 6.48. The third-order valence-electron chi connectivity index (χ3n) is 3.43. The van der Waals surface area contributed by atoms with Crippen LogP contribution in [0.2, 0.25) is 5.02 Å². The van der Waals surface area contributed by atoms with E-state index in [9.17, 15) is 4.39 Å². The molecule has 0 bridgehead atoms. The van der Waals surface area contributed by atoms with Crippen molar-refractivity contribution in [3.8, 4) is 0 Å². The molecule has 1 aliphatic heterocycles. The van der Waals surface area contributed by atoms with E-state index in [2.05, 4.69) is 5.43 Å². The van der Waals surface area contributed by atoms with Crippen LogP contribution >= 0.6 is 11.6 Å². The summed E-state index contributed by atoms with van der Waals surface area (Å²) in [7, 11) is 0. The average molecular weight is 273 g/mol. The molecule has 1 aliphatic rings. The third kappa shape index (κ3) is 3.42. The van der Waals surface area contributed by atoms with E-state index in [4.69, 9.17) is 22.2 Å². The molecule has 2 unspecified atom stereocenters. The summed E-state index contributed by atoms with van der Waals surface area (Å²) in [5, 5.41) is 0.451. The fourth-order valence-corrected chi connectivity index (χ4v) is 2.61. The van der Waals surface area contributed by atoms with Gasteiger partial charge in [-0.05, 0) is 42.9 Å². The van der Waals surface area contributed by atoms with Gasteiger partial charge in [0, 0.05) is 17.7 Å². The highest BCUT2D eigenvalue weighted by molar-refractivity contribution is 6.31. The molecule has 1 fully saturated rings. The Balaban J connectivity index is 2.04. The lowest BCUT2D eigenvalue weighted by Gasteiger charge is -2.30. The Morgan fingerprint density at radius 3 is 3.00 bits per heavy atom. The second-order valence-corrected chi connectivity index (χ2v) is 5.10. The average Bonchev–Trinajstić information content (AvgIpc) is 2.39. The largest absolute Gasteiger partial charge is 0.381 e. The van der Waals surface area contributed by atoms with Crippen LogP contribution in [0.4, 0.5) is 4.39 Å². The van der Waals surface area contributed by atoms with Gasteiger partial charge in [-0.25, -0.2) is 4.39 Å². The normalized spacial score (nSPS) is 21.8. The summed E-state index contributed by atoms with van der Waals surface area (Å²) in [5.41, 5.74) is 3.74. The summed E-state index contributed by atoms with van der Waals surface area (Å²) < 4.78 is 18.4. The molecular weight excluding hydrogens is 255 g/mol. The van der Waals surface area contributed by atoms with Crippen LogP contribution in [0.1, 0.15) is 18.4 Å². The van der Waals surface area contributed by atoms with Gasteiger partial charge in [0.05, 0.1) is 6.61 Å². The quantitative estimate of drug-likeness (QED) is 0.653. The van der Waals surface area contributed by atoms with Crippen LogP contribution in [-0.2, 0) is 11.2 Å². The van der Waals surface area contributed by atoms with E-state index in [0.717, 1.165) is 25.0 Å². The summed E-state index contributed by atoms with van der Waals surface area (Å²) in [6.07, 6.45) is 2.83. The first-order valence-electron chi connectivity index (χ1n) is 6.18. The third-order valence-corrected chi connectivity index (χ3v) is 3.79. The highest BCUT2D eigenvalue weighted by Crippen LogP contribution is 2.24. The van der Waals surface area contributed by atoms with Crippen LogP contribution in [0.25, 0.3) is 0 Å². The summed E-state index contributed by atoms with van der Waals surface area (Å²) >= 11 is 6.03. The molecule has 0 aliphatic carbocycles. The minimum absolute atomic E-state index is 0.105. The van der Waals surface area contributed by atoms with Crippen molar-refractivity contribution in [2.75, 3.05) is 13.2 Å². The van der Waals surface area contributed by atoms with Crippen LogP contribution in [0.15, 0.2) is 18.2 Å². The molecule has 0 aromatic heterocycles. The van der Waals surface area contributed by atoms with E-state index in [0.29, 0.717) is 24.0 Å². The summed E-state index contributed by atoms with van der Waals surface area (Å²) in [4.78, 5) is 0. The van der Waals surface area contributed by atoms with Gasteiger partial charge in [-0.2, -0.15) is 0 Å². The maximum Gasteiger partial charge on any atom is 0.124 e. The Morgan fingerprint density at radius 2 is 2.39 bits per heavy atom. The number of rotatable bonds is 4. The number of hydrogen-bond donors (Lipinski definition) is 2. The van der Waals surface area contributed by atoms with E-state index >= 15 is 0 Å². The van der Waals surface area contributed by atoms with Crippen molar-refractivity contribution < 1.29 is 9.13 Å². The van der Waals surface area contributed by atoms with Crippen molar-refractivity contribution in [1.29, 1.82) is 0 Å². The zero-order valence-corrected chi connectivity index (χ0v) is 10.9. The first-order chi connectivity index (χ1) is 8.70. The molecule has 1 saturated heterocycles. The molecule has 0 amide bonds. The first-order valence-corrected chi connectivity index (χ1v) is 6.56. The lowest BCUT2D eigenvalue weighted by Crippen LogP contribution is -2.45. The van der Waals surface area contributed by atoms with Crippen LogP contribution in [-0.4, -0.2) is 19.3 Å². The molecule has 18 heavy (non-hydrogen) atoms. The van der Waals surface area contributed by atoms with Crippen molar-refractivity contribution in [3.63, 3.8) is 0 Å². The van der Waals surface area contributed by atoms with Gasteiger partial charge in [0.25, 0.3) is 0 Å². The maximum atomic E-state index is 13.0. The minimum Gasteiger partial charge on any atom is -0.381 e. The van der Waals surface area contributed by atoms with Crippen molar-refractivity contribution in [1.82, 2.24) is 5.43 Å². The Labute approximate surface area is 111 Å². The second-order valence-electron chi connectivity index (χ2n) is 4.69. The lowest BCUT2D eigenvalue weighted by atomic mass is 9.89. The van der Waals surface area contributed by atoms with E-state index in [1.54, 1.807) is 6.07 Å². The molecular formula is C13H18ClFN2O. The van der Waals surface area contributed by atoms with Crippen molar-refractivity contribution in [3.05, 3.63) is 34.6 Å². The Hall–Kier alpha value is -0.680. The number of nitrogens with two attached hydrogens (primary N) is 1. The van der Waals surface area contributed by atoms with E-state index in [1.165, 1.54) is 12.1 Å². The highest BCUT2D eigenvalue weighted by atomic mass is 35.5. The summed E-state index contributed by atoms with van der Waals surface area (Å²) in [6.45, 7) is 1.54. The van der Waals surface area contributed by atoms with Crippen LogP contribution in [0.5, 0.6) is 0 Å². The summed E-state index contributed by atoms with van der Waals surface area (Å²) in [6, 6.07) is 4.58. The Kier molecular flexibility index (Phi) is 4.95. The minimum atomic E-state index is -0.318. The predicted molar refractivity (Wildman–Crippen MR) is 69.8 cm³/mol. The Morgan fingerprint density at radius 1 is 1.56 bits per heavy atom. The van der Waals surface area contributed by atoms with Crippen molar-refractivity contribution >= 4 is 11.6 Å². The van der Waals surface area contributed by atoms with Crippen LogP contribution in [0, 0.1) is 11.7 Å². The highest BCUT2D eigenvalue weighted by Gasteiger charge is 2.24. The van der Waals surface area contributed by atoms with Gasteiger partial charge in [0.2, 0.25) is 0 Å². The number of halogens is 2. The zero-order chi connectivity index (χ0) is 13.0. The molecule has 5 heteroatoms. The number of hydrazine groups is 1. The smallest absolute Gasteiger partial charge is 0.124 e. The van der Waals surface area contributed by atoms with Crippen molar-refractivity contribution in [2.45, 2.75) is 25.3 Å². The van der Waals surface area contributed by atoms with Gasteiger partial charge in [0.15, 0.2) is 0 Å². The lowest BCUT2D eigenvalue weighted by molar-refractivity contribution is 0.0393. The molecule has 0 saturated carbocycles. The molecule has 2 rings (SSSR count). The van der Waals surface area contributed by atoms with Crippen molar-refractivity contribution in [2.24, 2.45) is 11.8 Å². The molecule has 0 spiro atoms. The SMILES string of the molecule is NNC(Cc1ccc(F)cc1Cl)C1CCCOC1. The monoisotopic (exact) mass is 272 g/mol. The number of hydrogen-bond acceptors (Lipinski definition) is 3. The molecule has 3 nitrogen and oxygen atoms in total. The fraction of sp³-hybridized carbons (Fsp3) is 0.538. The molecule has 1 heterocycles. The zero-order valence-electron chi connectivity index (χ0n) is 10.2. The van der Waals surface area contributed by atoms with Gasteiger partial charge in [0.1, 0.15) is 5.82 Å². The van der Waals surface area contributed by atoms with Gasteiger partial charge in [-0.1, -0.05) is 17.7 Å². The topological polar surface area (TPSA) is 47.3 Å². The molecule has 0 radical (unpaired) electrons. The van der Waals surface area contributed by atoms with E-state index in [1.807, 2.05) is 0 Å². The van der Waals surface area contributed by atoms with E-state index in [-0.39, 0.29) is 11.9 Å². The van der Waals surface area contributed by atoms with Crippen LogP contribution < -0.4 is 11.3 Å². The van der Waals surface area contributed by atoms with E-state index < -0.39 is 0 Å². The predicted octanol–water partition coefficient (Wildman–Crippen LogP) is 2.28.